The molecule has 0 aliphatic rings. The van der Waals surface area contributed by atoms with E-state index in [0.717, 1.165) is 0 Å². The minimum absolute atomic E-state index is 0. The van der Waals surface area contributed by atoms with E-state index in [4.69, 9.17) is 5.41 Å². The van der Waals surface area contributed by atoms with E-state index in [1.165, 1.54) is 0 Å². The number of carbonyl (C=O) groups excluding carboxylic acids is 2. The van der Waals surface area contributed by atoms with Crippen LogP contribution in [0.3, 0.4) is 0 Å². The highest BCUT2D eigenvalue weighted by molar-refractivity contribution is 6.61. The Kier molecular flexibility index (Phi) is 8.37. The van der Waals surface area contributed by atoms with Crippen molar-refractivity contribution in [2.24, 2.45) is 0 Å². The van der Waals surface area contributed by atoms with Gasteiger partial charge >= 0.3 is 11.9 Å². The molecule has 0 rings (SSSR count). The van der Waals surface area contributed by atoms with Crippen molar-refractivity contribution in [1.29, 1.82) is 5.41 Å². The van der Waals surface area contributed by atoms with Crippen LogP contribution >= 0.6 is 12.4 Å². The van der Waals surface area contributed by atoms with Crippen LogP contribution in [0.5, 0.6) is 0 Å². The maximum Gasteiger partial charge on any atom is 0.363 e. The van der Waals surface area contributed by atoms with Crippen molar-refractivity contribution in [3.8, 4) is 0 Å². The molecule has 13 heavy (non-hydrogen) atoms. The molecule has 0 aromatic rings. The average Bonchev–Trinajstić information content (AvgIpc) is 2.04. The highest BCUT2D eigenvalue weighted by Gasteiger charge is 2.20. The number of rotatable bonds is 4. The zero-order chi connectivity index (χ0) is 9.56. The van der Waals surface area contributed by atoms with Gasteiger partial charge < -0.3 is 9.47 Å². The van der Waals surface area contributed by atoms with Gasteiger partial charge in [-0.1, -0.05) is 0 Å². The van der Waals surface area contributed by atoms with Gasteiger partial charge in [0.25, 0.3) is 0 Å². The van der Waals surface area contributed by atoms with Gasteiger partial charge in [0, 0.05) is 0 Å². The van der Waals surface area contributed by atoms with Gasteiger partial charge in [0.2, 0.25) is 5.71 Å². The van der Waals surface area contributed by atoms with Crippen molar-refractivity contribution in [2.75, 3.05) is 13.2 Å². The fourth-order valence-corrected chi connectivity index (χ4v) is 0.490. The van der Waals surface area contributed by atoms with Crippen LogP contribution in [0.4, 0.5) is 0 Å². The van der Waals surface area contributed by atoms with Gasteiger partial charge in [0.1, 0.15) is 0 Å². The van der Waals surface area contributed by atoms with Crippen molar-refractivity contribution in [2.45, 2.75) is 13.8 Å². The Bertz CT molecular complexity index is 185. The molecule has 0 amide bonds. The summed E-state index contributed by atoms with van der Waals surface area (Å²) in [6.07, 6.45) is 0. The molecule has 6 heteroatoms. The molecule has 0 spiro atoms. The summed E-state index contributed by atoms with van der Waals surface area (Å²) in [5.41, 5.74) is -0.765. The van der Waals surface area contributed by atoms with Gasteiger partial charge in [-0.25, -0.2) is 9.59 Å². The summed E-state index contributed by atoms with van der Waals surface area (Å²) in [6, 6.07) is 0. The number of ether oxygens (including phenoxy) is 2. The topological polar surface area (TPSA) is 76.5 Å². The second-order valence-electron chi connectivity index (χ2n) is 1.82. The number of halogens is 1. The second kappa shape index (κ2) is 7.54. The smallest absolute Gasteiger partial charge is 0.363 e. The van der Waals surface area contributed by atoms with Crippen molar-refractivity contribution in [1.82, 2.24) is 0 Å². The van der Waals surface area contributed by atoms with E-state index < -0.39 is 17.7 Å². The molecule has 0 saturated heterocycles. The summed E-state index contributed by atoms with van der Waals surface area (Å²) in [4.78, 5) is 21.4. The molecular formula is C7H12ClNO4. The average molecular weight is 210 g/mol. The van der Waals surface area contributed by atoms with Crippen molar-refractivity contribution in [3.05, 3.63) is 0 Å². The van der Waals surface area contributed by atoms with E-state index in [1.54, 1.807) is 13.8 Å². The Balaban J connectivity index is 0. The van der Waals surface area contributed by atoms with Crippen molar-refractivity contribution in [3.63, 3.8) is 0 Å². The first-order valence-corrected chi connectivity index (χ1v) is 3.56. The fraction of sp³-hybridized carbons (Fsp3) is 0.571. The molecular weight excluding hydrogens is 198 g/mol. The highest BCUT2D eigenvalue weighted by Crippen LogP contribution is 1.86. The zero-order valence-electron chi connectivity index (χ0n) is 7.46. The largest absolute Gasteiger partial charge is 0.461 e. The Morgan fingerprint density at radius 3 is 1.62 bits per heavy atom. The van der Waals surface area contributed by atoms with Gasteiger partial charge in [0.05, 0.1) is 13.2 Å². The van der Waals surface area contributed by atoms with E-state index in [2.05, 4.69) is 9.47 Å². The van der Waals surface area contributed by atoms with Gasteiger partial charge in [-0.2, -0.15) is 0 Å². The lowest BCUT2D eigenvalue weighted by atomic mass is 10.4. The maximum atomic E-state index is 10.7. The number of carbonyl (C=O) groups is 2. The second-order valence-corrected chi connectivity index (χ2v) is 1.82. The first kappa shape index (κ1) is 14.4. The van der Waals surface area contributed by atoms with Gasteiger partial charge in [-0.05, 0) is 13.8 Å². The molecule has 0 unspecified atom stereocenters. The predicted octanol–water partition coefficient (Wildman–Crippen LogP) is 0.554. The lowest BCUT2D eigenvalue weighted by Crippen LogP contribution is -2.27. The van der Waals surface area contributed by atoms with Gasteiger partial charge in [0.15, 0.2) is 0 Å². The summed E-state index contributed by atoms with van der Waals surface area (Å²) in [7, 11) is 0. The van der Waals surface area contributed by atoms with Crippen LogP contribution in [-0.2, 0) is 19.1 Å². The van der Waals surface area contributed by atoms with Crippen LogP contribution in [-0.4, -0.2) is 30.9 Å². The molecule has 0 heterocycles. The molecule has 0 atom stereocenters. The number of nitrogens with one attached hydrogen (secondary N) is 1. The monoisotopic (exact) mass is 209 g/mol. The minimum Gasteiger partial charge on any atom is -0.461 e. The molecule has 0 aromatic heterocycles. The fourth-order valence-electron chi connectivity index (χ4n) is 0.490. The Labute approximate surface area is 82.3 Å². The van der Waals surface area contributed by atoms with Gasteiger partial charge in [-0.3, -0.25) is 5.41 Å². The van der Waals surface area contributed by atoms with Crippen molar-refractivity contribution < 1.29 is 19.1 Å². The lowest BCUT2D eigenvalue weighted by Gasteiger charge is -2.02. The van der Waals surface area contributed by atoms with Crippen molar-refractivity contribution >= 4 is 30.1 Å². The quantitative estimate of drug-likeness (QED) is 0.417. The lowest BCUT2D eigenvalue weighted by molar-refractivity contribution is -0.140. The van der Waals surface area contributed by atoms with Gasteiger partial charge in [-0.15, -0.1) is 12.4 Å². The van der Waals surface area contributed by atoms with Crippen LogP contribution in [0.1, 0.15) is 13.8 Å². The first-order chi connectivity index (χ1) is 5.63. The molecule has 0 aliphatic carbocycles. The molecule has 5 nitrogen and oxygen atoms in total. The molecule has 0 saturated carbocycles. The predicted molar refractivity (Wildman–Crippen MR) is 48.2 cm³/mol. The Hall–Kier alpha value is -1.10. The van der Waals surface area contributed by atoms with E-state index >= 15 is 0 Å². The number of hydrogen-bond acceptors (Lipinski definition) is 5. The molecule has 76 valence electrons. The SMILES string of the molecule is CCOC(=O)C(=N)C(=O)OCC.Cl. The molecule has 0 radical (unpaired) electrons. The number of hydrogen-bond donors (Lipinski definition) is 1. The third-order valence-electron chi connectivity index (χ3n) is 0.959. The van der Waals surface area contributed by atoms with Crippen LogP contribution in [0.25, 0.3) is 0 Å². The van der Waals surface area contributed by atoms with Crippen LogP contribution in [0.2, 0.25) is 0 Å². The Morgan fingerprint density at radius 2 is 1.38 bits per heavy atom. The van der Waals surface area contributed by atoms with E-state index in [0.29, 0.717) is 0 Å². The van der Waals surface area contributed by atoms with E-state index in [-0.39, 0.29) is 25.6 Å². The molecule has 0 bridgehead atoms. The van der Waals surface area contributed by atoms with Crippen LogP contribution < -0.4 is 0 Å². The third-order valence-corrected chi connectivity index (χ3v) is 0.959. The molecule has 0 fully saturated rings. The molecule has 1 N–H and O–H groups in total. The molecule has 0 aliphatic heterocycles. The highest BCUT2D eigenvalue weighted by atomic mass is 35.5. The molecule has 0 aromatic carbocycles. The summed E-state index contributed by atoms with van der Waals surface area (Å²) in [5, 5.41) is 6.96. The first-order valence-electron chi connectivity index (χ1n) is 3.56. The maximum absolute atomic E-state index is 10.7. The Morgan fingerprint density at radius 1 is 1.08 bits per heavy atom. The number of esters is 2. The summed E-state index contributed by atoms with van der Waals surface area (Å²) < 4.78 is 8.81. The summed E-state index contributed by atoms with van der Waals surface area (Å²) in [6.45, 7) is 3.47. The minimum atomic E-state index is -0.948. The summed E-state index contributed by atoms with van der Waals surface area (Å²) >= 11 is 0. The van der Waals surface area contributed by atoms with E-state index in [9.17, 15) is 9.59 Å². The normalized spacial score (nSPS) is 8.15. The van der Waals surface area contributed by atoms with Crippen LogP contribution in [0.15, 0.2) is 0 Å². The van der Waals surface area contributed by atoms with Crippen LogP contribution in [0, 0.1) is 5.41 Å². The third kappa shape index (κ3) is 5.19. The van der Waals surface area contributed by atoms with E-state index in [1.807, 2.05) is 0 Å². The zero-order valence-corrected chi connectivity index (χ0v) is 8.27. The summed E-state index contributed by atoms with van der Waals surface area (Å²) in [5.74, 6) is -1.90. The standard InChI is InChI=1S/C7H11NO4.ClH/c1-3-11-6(9)5(8)7(10)12-4-2;/h8H,3-4H2,1-2H3;1H.